The number of rotatable bonds is 3. The van der Waals surface area contributed by atoms with Crippen LogP contribution in [0.5, 0.6) is 5.75 Å². The van der Waals surface area contributed by atoms with Crippen LogP contribution in [0.2, 0.25) is 5.02 Å². The molecule has 0 spiro atoms. The van der Waals surface area contributed by atoms with Gasteiger partial charge in [0.25, 0.3) is 0 Å². The van der Waals surface area contributed by atoms with Crippen molar-refractivity contribution in [2.75, 3.05) is 19.0 Å². The number of halogens is 1. The summed E-state index contributed by atoms with van der Waals surface area (Å²) in [6.07, 6.45) is 2.05. The summed E-state index contributed by atoms with van der Waals surface area (Å²) in [7, 11) is 1.61. The summed E-state index contributed by atoms with van der Waals surface area (Å²) < 4.78 is 7.43. The summed E-state index contributed by atoms with van der Waals surface area (Å²) in [5.41, 5.74) is 2.82. The first-order valence-corrected chi connectivity index (χ1v) is 9.15. The van der Waals surface area contributed by atoms with Crippen molar-refractivity contribution >= 4 is 23.3 Å². The number of benzene rings is 2. The maximum absolute atomic E-state index is 13.1. The number of urea groups is 1. The molecule has 6 heteroatoms. The van der Waals surface area contributed by atoms with Crippen LogP contribution in [0.15, 0.2) is 66.9 Å². The van der Waals surface area contributed by atoms with E-state index in [1.54, 1.807) is 7.11 Å². The lowest BCUT2D eigenvalue weighted by molar-refractivity contribution is 0.182. The molecule has 0 unspecified atom stereocenters. The number of aromatic nitrogens is 1. The van der Waals surface area contributed by atoms with Gasteiger partial charge in [-0.1, -0.05) is 29.8 Å². The molecule has 2 amide bonds. The van der Waals surface area contributed by atoms with E-state index < -0.39 is 0 Å². The van der Waals surface area contributed by atoms with E-state index in [2.05, 4.69) is 22.1 Å². The van der Waals surface area contributed by atoms with Crippen LogP contribution in [0.4, 0.5) is 10.5 Å². The number of amides is 2. The normalized spacial score (nSPS) is 15.9. The van der Waals surface area contributed by atoms with E-state index in [4.69, 9.17) is 16.3 Å². The van der Waals surface area contributed by atoms with Gasteiger partial charge in [0.05, 0.1) is 13.2 Å². The molecular formula is C21H20ClN3O2. The van der Waals surface area contributed by atoms with Gasteiger partial charge in [-0.15, -0.1) is 0 Å². The molecule has 1 aromatic heterocycles. The molecule has 0 radical (unpaired) electrons. The van der Waals surface area contributed by atoms with Crippen molar-refractivity contribution in [3.05, 3.63) is 83.1 Å². The average molecular weight is 382 g/mol. The number of carbonyl (C=O) groups excluding carboxylic acids is 1. The summed E-state index contributed by atoms with van der Waals surface area (Å²) in [5.74, 6) is 0.703. The topological polar surface area (TPSA) is 46.5 Å². The van der Waals surface area contributed by atoms with Crippen molar-refractivity contribution in [1.82, 2.24) is 9.47 Å². The van der Waals surface area contributed by atoms with Crippen LogP contribution in [0.3, 0.4) is 0 Å². The SMILES string of the molecule is COc1cccc(NC(=O)N2CCn3cccc3[C@H]2c2ccc(Cl)cc2)c1. The largest absolute Gasteiger partial charge is 0.497 e. The molecule has 5 nitrogen and oxygen atoms in total. The molecule has 2 heterocycles. The fraction of sp³-hybridized carbons (Fsp3) is 0.190. The van der Waals surface area contributed by atoms with Crippen LogP contribution in [-0.2, 0) is 6.54 Å². The monoisotopic (exact) mass is 381 g/mol. The molecule has 1 aliphatic heterocycles. The number of hydrogen-bond donors (Lipinski definition) is 1. The van der Waals surface area contributed by atoms with Gasteiger partial charge in [-0.3, -0.25) is 0 Å². The van der Waals surface area contributed by atoms with Crippen LogP contribution < -0.4 is 10.1 Å². The number of anilines is 1. The second-order valence-electron chi connectivity index (χ2n) is 6.44. The molecule has 0 aliphatic carbocycles. The Kier molecular flexibility index (Phi) is 4.77. The Balaban J connectivity index is 1.65. The van der Waals surface area contributed by atoms with Crippen molar-refractivity contribution in [1.29, 1.82) is 0 Å². The Morgan fingerprint density at radius 2 is 1.93 bits per heavy atom. The molecule has 0 bridgehead atoms. The van der Waals surface area contributed by atoms with E-state index in [1.165, 1.54) is 0 Å². The summed E-state index contributed by atoms with van der Waals surface area (Å²) in [6, 6.07) is 18.8. The maximum Gasteiger partial charge on any atom is 0.322 e. The third-order valence-corrected chi connectivity index (χ3v) is 5.06. The molecule has 0 fully saturated rings. The van der Waals surface area contributed by atoms with Crippen molar-refractivity contribution in [3.8, 4) is 5.75 Å². The Labute approximate surface area is 163 Å². The van der Waals surface area contributed by atoms with Crippen LogP contribution in [0.25, 0.3) is 0 Å². The van der Waals surface area contributed by atoms with Crippen LogP contribution in [-0.4, -0.2) is 29.2 Å². The number of fused-ring (bicyclic) bond motifs is 1. The van der Waals surface area contributed by atoms with E-state index in [0.29, 0.717) is 23.0 Å². The molecule has 1 atom stereocenters. The van der Waals surface area contributed by atoms with Gasteiger partial charge >= 0.3 is 6.03 Å². The number of methoxy groups -OCH3 is 1. The van der Waals surface area contributed by atoms with Gasteiger partial charge in [0.2, 0.25) is 0 Å². The molecule has 2 aromatic carbocycles. The summed E-state index contributed by atoms with van der Waals surface area (Å²) in [5, 5.41) is 3.67. The second-order valence-corrected chi connectivity index (χ2v) is 6.87. The lowest BCUT2D eigenvalue weighted by atomic mass is 10.0. The maximum atomic E-state index is 13.1. The van der Waals surface area contributed by atoms with Gasteiger partial charge in [0, 0.05) is 41.8 Å². The smallest absolute Gasteiger partial charge is 0.322 e. The van der Waals surface area contributed by atoms with Crippen molar-refractivity contribution in [3.63, 3.8) is 0 Å². The van der Waals surface area contributed by atoms with Gasteiger partial charge in [-0.05, 0) is 42.0 Å². The number of carbonyl (C=O) groups is 1. The third kappa shape index (κ3) is 3.51. The van der Waals surface area contributed by atoms with Crippen LogP contribution in [0.1, 0.15) is 17.3 Å². The number of nitrogens with one attached hydrogen (secondary N) is 1. The minimum atomic E-state index is -0.170. The predicted molar refractivity (Wildman–Crippen MR) is 106 cm³/mol. The molecule has 0 saturated heterocycles. The average Bonchev–Trinajstić information content (AvgIpc) is 3.17. The van der Waals surface area contributed by atoms with Gasteiger partial charge in [-0.25, -0.2) is 4.79 Å². The van der Waals surface area contributed by atoms with Gasteiger partial charge in [0.15, 0.2) is 0 Å². The highest BCUT2D eigenvalue weighted by atomic mass is 35.5. The second kappa shape index (κ2) is 7.37. The van der Waals surface area contributed by atoms with E-state index in [-0.39, 0.29) is 12.1 Å². The predicted octanol–water partition coefficient (Wildman–Crippen LogP) is 4.79. The number of hydrogen-bond acceptors (Lipinski definition) is 2. The summed E-state index contributed by atoms with van der Waals surface area (Å²) >= 11 is 6.05. The molecule has 1 aliphatic rings. The Hall–Kier alpha value is -2.92. The van der Waals surface area contributed by atoms with E-state index in [1.807, 2.05) is 59.5 Å². The van der Waals surface area contributed by atoms with Crippen molar-refractivity contribution in [2.24, 2.45) is 0 Å². The fourth-order valence-corrected chi connectivity index (χ4v) is 3.62. The van der Waals surface area contributed by atoms with Crippen LogP contribution in [0, 0.1) is 0 Å². The third-order valence-electron chi connectivity index (χ3n) is 4.81. The molecule has 27 heavy (non-hydrogen) atoms. The minimum Gasteiger partial charge on any atom is -0.497 e. The first kappa shape index (κ1) is 17.5. The molecule has 138 valence electrons. The zero-order chi connectivity index (χ0) is 18.8. The van der Waals surface area contributed by atoms with E-state index in [9.17, 15) is 4.79 Å². The molecule has 4 rings (SSSR count). The highest BCUT2D eigenvalue weighted by Crippen LogP contribution is 2.33. The van der Waals surface area contributed by atoms with Gasteiger partial charge in [-0.2, -0.15) is 0 Å². The minimum absolute atomic E-state index is 0.143. The highest BCUT2D eigenvalue weighted by molar-refractivity contribution is 6.30. The van der Waals surface area contributed by atoms with Crippen molar-refractivity contribution in [2.45, 2.75) is 12.6 Å². The standard InChI is InChI=1S/C21H20ClN3O2/c1-27-18-5-2-4-17(14-18)23-21(26)25-13-12-24-11-3-6-19(24)20(25)15-7-9-16(22)10-8-15/h2-11,14,20H,12-13H2,1H3,(H,23,26)/t20-/m1/s1. The van der Waals surface area contributed by atoms with Gasteiger partial charge in [0.1, 0.15) is 5.75 Å². The quantitative estimate of drug-likeness (QED) is 0.709. The fourth-order valence-electron chi connectivity index (χ4n) is 3.49. The molecular weight excluding hydrogens is 362 g/mol. The lowest BCUT2D eigenvalue weighted by Gasteiger charge is -2.37. The van der Waals surface area contributed by atoms with Gasteiger partial charge < -0.3 is 19.5 Å². The molecule has 0 saturated carbocycles. The highest BCUT2D eigenvalue weighted by Gasteiger charge is 2.32. The van der Waals surface area contributed by atoms with E-state index >= 15 is 0 Å². The zero-order valence-electron chi connectivity index (χ0n) is 14.9. The zero-order valence-corrected chi connectivity index (χ0v) is 15.7. The molecule has 1 N–H and O–H groups in total. The van der Waals surface area contributed by atoms with Crippen LogP contribution >= 0.6 is 11.6 Å². The summed E-state index contributed by atoms with van der Waals surface area (Å²) in [6.45, 7) is 1.38. The first-order valence-electron chi connectivity index (χ1n) is 8.78. The Bertz CT molecular complexity index is 952. The lowest BCUT2D eigenvalue weighted by Crippen LogP contribution is -2.44. The summed E-state index contributed by atoms with van der Waals surface area (Å²) in [4.78, 5) is 14.9. The number of ether oxygens (including phenoxy) is 1. The van der Waals surface area contributed by atoms with E-state index in [0.717, 1.165) is 17.8 Å². The van der Waals surface area contributed by atoms with Crippen molar-refractivity contribution < 1.29 is 9.53 Å². The Morgan fingerprint density at radius 1 is 1.11 bits per heavy atom. The Morgan fingerprint density at radius 3 is 2.70 bits per heavy atom. The molecule has 3 aromatic rings. The number of nitrogens with zero attached hydrogens (tertiary/aromatic N) is 2. The first-order chi connectivity index (χ1) is 13.2.